The van der Waals surface area contributed by atoms with Crippen molar-refractivity contribution >= 4 is 6.08 Å². The van der Waals surface area contributed by atoms with Gasteiger partial charge < -0.3 is 4.74 Å². The largest absolute Gasteiger partial charge is 0.377 e. The van der Waals surface area contributed by atoms with Crippen molar-refractivity contribution in [2.75, 3.05) is 7.11 Å². The summed E-state index contributed by atoms with van der Waals surface area (Å²) in [5.41, 5.74) is 5.88. The summed E-state index contributed by atoms with van der Waals surface area (Å²) in [6.45, 7) is 2.31. The van der Waals surface area contributed by atoms with Crippen LogP contribution >= 0.6 is 0 Å². The number of benzene rings is 2. The van der Waals surface area contributed by atoms with Gasteiger partial charge in [-0.1, -0.05) is 30.7 Å². The molecule has 1 heterocycles. The van der Waals surface area contributed by atoms with E-state index in [0.29, 0.717) is 0 Å². The van der Waals surface area contributed by atoms with Crippen molar-refractivity contribution in [2.45, 2.75) is 44.6 Å². The average molecular weight is 428 g/mol. The molecule has 1 aromatic heterocycles. The van der Waals surface area contributed by atoms with Crippen LogP contribution in [0.15, 0.2) is 60.3 Å². The molecule has 2 aromatic carbocycles. The van der Waals surface area contributed by atoms with Crippen molar-refractivity contribution in [3.63, 3.8) is 0 Å². The van der Waals surface area contributed by atoms with Crippen LogP contribution in [0.4, 0.5) is 4.39 Å². The maximum atomic E-state index is 13.4. The molecule has 3 aromatic rings. The topological polar surface area (TPSA) is 50.8 Å². The molecule has 162 valence electrons. The second-order valence-corrected chi connectivity index (χ2v) is 9.09. The van der Waals surface area contributed by atoms with Gasteiger partial charge in [-0.15, -0.1) is 0 Å². The van der Waals surface area contributed by atoms with E-state index in [4.69, 9.17) is 4.74 Å². The third-order valence-corrected chi connectivity index (χ3v) is 7.65. The quantitative estimate of drug-likeness (QED) is 0.529. The van der Waals surface area contributed by atoms with Crippen LogP contribution in [0.1, 0.15) is 48.6 Å². The van der Waals surface area contributed by atoms with Crippen LogP contribution in [-0.2, 0) is 17.6 Å². The molecule has 5 rings (SSSR count). The number of methoxy groups -OCH3 is 1. The standard InChI is InChI=1S/C27H26FN3O/c1-26-16-21-18-30-31(24-9-7-23(28)8-10-24)25(21)15-22(26)12-14-27(26,32-2)13-11-19-5-3-4-6-20(19)17-29/h3-10,15,18H,11-14,16H2,1-2H3. The van der Waals surface area contributed by atoms with Gasteiger partial charge in [0.1, 0.15) is 5.82 Å². The fourth-order valence-corrected chi connectivity index (χ4v) is 5.72. The number of aromatic nitrogens is 2. The van der Waals surface area contributed by atoms with E-state index in [0.717, 1.165) is 54.6 Å². The van der Waals surface area contributed by atoms with Crippen LogP contribution in [0, 0.1) is 22.6 Å². The molecule has 0 saturated heterocycles. The maximum absolute atomic E-state index is 13.4. The Balaban J connectivity index is 1.47. The van der Waals surface area contributed by atoms with Gasteiger partial charge in [0.05, 0.1) is 34.8 Å². The molecule has 2 aliphatic rings. The van der Waals surface area contributed by atoms with Crippen LogP contribution in [0.5, 0.6) is 0 Å². The number of aryl methyl sites for hydroxylation is 1. The molecule has 5 heteroatoms. The molecule has 1 fully saturated rings. The fourth-order valence-electron chi connectivity index (χ4n) is 5.72. The Bertz CT molecular complexity index is 1240. The Morgan fingerprint density at radius 2 is 1.97 bits per heavy atom. The van der Waals surface area contributed by atoms with E-state index in [1.54, 1.807) is 12.1 Å². The third kappa shape index (κ3) is 3.10. The number of hydrogen-bond donors (Lipinski definition) is 0. The Morgan fingerprint density at radius 3 is 2.72 bits per heavy atom. The first-order valence-corrected chi connectivity index (χ1v) is 11.1. The lowest BCUT2D eigenvalue weighted by Crippen LogP contribution is -2.47. The predicted molar refractivity (Wildman–Crippen MR) is 122 cm³/mol. The van der Waals surface area contributed by atoms with Crippen LogP contribution in [-0.4, -0.2) is 22.5 Å². The first kappa shape index (κ1) is 20.7. The molecule has 0 bridgehead atoms. The van der Waals surface area contributed by atoms with Gasteiger partial charge in [0.15, 0.2) is 0 Å². The molecule has 4 nitrogen and oxygen atoms in total. The van der Waals surface area contributed by atoms with E-state index in [-0.39, 0.29) is 16.8 Å². The second-order valence-electron chi connectivity index (χ2n) is 9.09. The number of fused-ring (bicyclic) bond motifs is 2. The Hall–Kier alpha value is -3.23. The van der Waals surface area contributed by atoms with Crippen molar-refractivity contribution in [1.82, 2.24) is 9.78 Å². The van der Waals surface area contributed by atoms with Crippen LogP contribution in [0.25, 0.3) is 11.8 Å². The zero-order chi connectivity index (χ0) is 22.3. The summed E-state index contributed by atoms with van der Waals surface area (Å²) in [6, 6.07) is 16.6. The average Bonchev–Trinajstić information content (AvgIpc) is 3.34. The normalized spacial score (nSPS) is 23.9. The summed E-state index contributed by atoms with van der Waals surface area (Å²) in [7, 11) is 1.82. The molecule has 2 unspecified atom stereocenters. The zero-order valence-electron chi connectivity index (χ0n) is 18.4. The highest BCUT2D eigenvalue weighted by atomic mass is 19.1. The van der Waals surface area contributed by atoms with E-state index < -0.39 is 0 Å². The smallest absolute Gasteiger partial charge is 0.123 e. The minimum absolute atomic E-state index is 0.132. The summed E-state index contributed by atoms with van der Waals surface area (Å²) >= 11 is 0. The number of ether oxygens (including phenoxy) is 1. The highest BCUT2D eigenvalue weighted by Crippen LogP contribution is 2.58. The van der Waals surface area contributed by atoms with Crippen molar-refractivity contribution in [1.29, 1.82) is 5.26 Å². The molecule has 2 atom stereocenters. The summed E-state index contributed by atoms with van der Waals surface area (Å²) in [5, 5.41) is 14.1. The van der Waals surface area contributed by atoms with E-state index in [1.165, 1.54) is 23.3 Å². The fraction of sp³-hybridized carbons (Fsp3) is 0.333. The van der Waals surface area contributed by atoms with Gasteiger partial charge >= 0.3 is 0 Å². The Labute approximate surface area is 188 Å². The number of rotatable bonds is 5. The molecule has 1 saturated carbocycles. The summed E-state index contributed by atoms with van der Waals surface area (Å²) in [6.07, 6.45) is 8.63. The van der Waals surface area contributed by atoms with E-state index in [2.05, 4.69) is 24.2 Å². The second kappa shape index (κ2) is 7.72. The number of nitriles is 1. The molecule has 0 radical (unpaired) electrons. The zero-order valence-corrected chi connectivity index (χ0v) is 18.4. The summed E-state index contributed by atoms with van der Waals surface area (Å²) in [4.78, 5) is 0. The lowest BCUT2D eigenvalue weighted by Gasteiger charge is -2.45. The van der Waals surface area contributed by atoms with E-state index in [1.807, 2.05) is 42.3 Å². The van der Waals surface area contributed by atoms with Crippen LogP contribution in [0.2, 0.25) is 0 Å². The van der Waals surface area contributed by atoms with Crippen LogP contribution in [0.3, 0.4) is 0 Å². The highest BCUT2D eigenvalue weighted by Gasteiger charge is 2.56. The summed E-state index contributed by atoms with van der Waals surface area (Å²) < 4.78 is 21.6. The molecular formula is C27H26FN3O. The molecule has 0 amide bonds. The van der Waals surface area contributed by atoms with Gasteiger partial charge in [-0.05, 0) is 79.6 Å². The molecule has 0 spiro atoms. The highest BCUT2D eigenvalue weighted by molar-refractivity contribution is 5.62. The van der Waals surface area contributed by atoms with Gasteiger partial charge in [0, 0.05) is 12.5 Å². The third-order valence-electron chi connectivity index (χ3n) is 7.65. The lowest BCUT2D eigenvalue weighted by atomic mass is 9.65. The number of halogens is 1. The molecule has 2 aliphatic carbocycles. The molecular weight excluding hydrogens is 401 g/mol. The Kier molecular flexibility index (Phi) is 4.98. The number of nitrogens with zero attached hydrogens (tertiary/aromatic N) is 3. The Morgan fingerprint density at radius 1 is 1.19 bits per heavy atom. The minimum Gasteiger partial charge on any atom is -0.377 e. The summed E-state index contributed by atoms with van der Waals surface area (Å²) in [5.74, 6) is -0.251. The number of hydrogen-bond acceptors (Lipinski definition) is 3. The SMILES string of the molecule is COC1(CCc2ccccc2C#N)CCC2=Cc3c(cnn3-c3ccc(F)cc3)CC21C. The maximum Gasteiger partial charge on any atom is 0.123 e. The van der Waals surface area contributed by atoms with E-state index in [9.17, 15) is 9.65 Å². The van der Waals surface area contributed by atoms with Gasteiger partial charge in [0.2, 0.25) is 0 Å². The van der Waals surface area contributed by atoms with Crippen LogP contribution < -0.4 is 0 Å². The molecule has 0 aliphatic heterocycles. The van der Waals surface area contributed by atoms with Gasteiger partial charge in [-0.25, -0.2) is 9.07 Å². The first-order valence-electron chi connectivity index (χ1n) is 11.1. The lowest BCUT2D eigenvalue weighted by molar-refractivity contribution is -0.0819. The molecule has 32 heavy (non-hydrogen) atoms. The van der Waals surface area contributed by atoms with Crippen molar-refractivity contribution in [3.8, 4) is 11.8 Å². The molecule has 0 N–H and O–H groups in total. The minimum atomic E-state index is -0.295. The van der Waals surface area contributed by atoms with E-state index >= 15 is 0 Å². The van der Waals surface area contributed by atoms with Crippen molar-refractivity contribution in [3.05, 3.63) is 88.5 Å². The van der Waals surface area contributed by atoms with Gasteiger partial charge in [-0.3, -0.25) is 0 Å². The van der Waals surface area contributed by atoms with Gasteiger partial charge in [-0.2, -0.15) is 10.4 Å². The van der Waals surface area contributed by atoms with Crippen molar-refractivity contribution in [2.24, 2.45) is 5.41 Å². The predicted octanol–water partition coefficient (Wildman–Crippen LogP) is 5.64. The van der Waals surface area contributed by atoms with Gasteiger partial charge in [0.25, 0.3) is 0 Å². The van der Waals surface area contributed by atoms with Crippen molar-refractivity contribution < 1.29 is 9.13 Å². The monoisotopic (exact) mass is 427 g/mol. The first-order chi connectivity index (χ1) is 15.5.